The van der Waals surface area contributed by atoms with Crippen molar-refractivity contribution < 1.29 is 14.4 Å². The van der Waals surface area contributed by atoms with Gasteiger partial charge in [-0.15, -0.1) is 0 Å². The minimum Gasteiger partial charge on any atom is -0.390 e. The van der Waals surface area contributed by atoms with E-state index in [1.165, 1.54) is 0 Å². The standard InChI is InChI=1S/C19H27N5O3/c1-12(21-2)16(19(27)22-15-9-4-3-5-10-15)23-17(25)13-7-6-8-14(11-13)18(26)24-20/h3-5,9-10,13-14,21H,6-8,11,20H2,1-2H3,(H,22,27)(H,23,25)(H,24,26)/b16-12+. The highest BCUT2D eigenvalue weighted by molar-refractivity contribution is 6.06. The number of allylic oxidation sites excluding steroid dienone is 1. The number of rotatable bonds is 6. The maximum absolute atomic E-state index is 12.7. The molecule has 8 heteroatoms. The lowest BCUT2D eigenvalue weighted by atomic mass is 9.80. The first kappa shape index (κ1) is 20.4. The van der Waals surface area contributed by atoms with E-state index in [-0.39, 0.29) is 29.3 Å². The average Bonchev–Trinajstić information content (AvgIpc) is 2.71. The van der Waals surface area contributed by atoms with Crippen molar-refractivity contribution in [1.29, 1.82) is 0 Å². The Morgan fingerprint density at radius 3 is 2.26 bits per heavy atom. The molecule has 146 valence electrons. The fraction of sp³-hybridized carbons (Fsp3) is 0.421. The van der Waals surface area contributed by atoms with Gasteiger partial charge in [0.1, 0.15) is 5.70 Å². The first-order chi connectivity index (χ1) is 13.0. The van der Waals surface area contributed by atoms with Crippen LogP contribution in [0.3, 0.4) is 0 Å². The van der Waals surface area contributed by atoms with Crippen molar-refractivity contribution >= 4 is 23.4 Å². The molecular formula is C19H27N5O3. The summed E-state index contributed by atoms with van der Waals surface area (Å²) in [5.41, 5.74) is 3.50. The minimum absolute atomic E-state index is 0.164. The summed E-state index contributed by atoms with van der Waals surface area (Å²) in [6, 6.07) is 9.01. The number of amides is 3. The quantitative estimate of drug-likeness (QED) is 0.220. The van der Waals surface area contributed by atoms with Gasteiger partial charge < -0.3 is 16.0 Å². The summed E-state index contributed by atoms with van der Waals surface area (Å²) in [4.78, 5) is 37.1. The van der Waals surface area contributed by atoms with Gasteiger partial charge in [0.25, 0.3) is 5.91 Å². The van der Waals surface area contributed by atoms with Crippen molar-refractivity contribution in [1.82, 2.24) is 16.1 Å². The number of hydrogen-bond donors (Lipinski definition) is 5. The third-order valence-corrected chi connectivity index (χ3v) is 4.81. The van der Waals surface area contributed by atoms with Gasteiger partial charge in [-0.05, 0) is 38.3 Å². The highest BCUT2D eigenvalue weighted by Gasteiger charge is 2.32. The summed E-state index contributed by atoms with van der Waals surface area (Å²) in [7, 11) is 1.68. The van der Waals surface area contributed by atoms with Gasteiger partial charge in [0, 0.05) is 30.3 Å². The first-order valence-electron chi connectivity index (χ1n) is 9.02. The lowest BCUT2D eigenvalue weighted by Crippen LogP contribution is -2.42. The van der Waals surface area contributed by atoms with Crippen LogP contribution in [0.15, 0.2) is 41.7 Å². The van der Waals surface area contributed by atoms with Crippen LogP contribution in [0.4, 0.5) is 5.69 Å². The van der Waals surface area contributed by atoms with E-state index in [1.54, 1.807) is 26.1 Å². The molecule has 0 heterocycles. The molecule has 3 amide bonds. The van der Waals surface area contributed by atoms with E-state index >= 15 is 0 Å². The van der Waals surface area contributed by atoms with Gasteiger partial charge in [0.2, 0.25) is 11.8 Å². The molecule has 1 fully saturated rings. The molecule has 0 aromatic heterocycles. The Labute approximate surface area is 158 Å². The molecule has 1 aromatic carbocycles. The summed E-state index contributed by atoms with van der Waals surface area (Å²) in [6.07, 6.45) is 2.56. The van der Waals surface area contributed by atoms with Crippen LogP contribution in [0.1, 0.15) is 32.6 Å². The number of anilines is 1. The molecule has 1 aromatic rings. The Bertz CT molecular complexity index is 717. The topological polar surface area (TPSA) is 125 Å². The van der Waals surface area contributed by atoms with Gasteiger partial charge >= 0.3 is 0 Å². The monoisotopic (exact) mass is 373 g/mol. The fourth-order valence-electron chi connectivity index (χ4n) is 3.17. The Hall–Kier alpha value is -2.87. The molecule has 2 rings (SSSR count). The predicted molar refractivity (Wildman–Crippen MR) is 103 cm³/mol. The van der Waals surface area contributed by atoms with Crippen molar-refractivity contribution in [2.24, 2.45) is 17.7 Å². The van der Waals surface area contributed by atoms with Crippen molar-refractivity contribution in [3.63, 3.8) is 0 Å². The van der Waals surface area contributed by atoms with E-state index in [4.69, 9.17) is 5.84 Å². The molecule has 2 unspecified atom stereocenters. The zero-order valence-electron chi connectivity index (χ0n) is 15.7. The van der Waals surface area contributed by atoms with Crippen LogP contribution in [0.5, 0.6) is 0 Å². The highest BCUT2D eigenvalue weighted by Crippen LogP contribution is 2.29. The second-order valence-electron chi connectivity index (χ2n) is 6.63. The molecule has 0 aliphatic heterocycles. The van der Waals surface area contributed by atoms with Gasteiger partial charge in [-0.2, -0.15) is 0 Å². The van der Waals surface area contributed by atoms with Crippen LogP contribution in [0.25, 0.3) is 0 Å². The van der Waals surface area contributed by atoms with E-state index in [1.807, 2.05) is 18.2 Å². The summed E-state index contributed by atoms with van der Waals surface area (Å²) >= 11 is 0. The molecule has 0 saturated heterocycles. The SMILES string of the molecule is CN/C(C)=C(/NC(=O)C1CCCC(C(=O)NN)C1)C(=O)Nc1ccccc1. The Kier molecular flexibility index (Phi) is 7.36. The molecule has 6 N–H and O–H groups in total. The molecule has 0 bridgehead atoms. The van der Waals surface area contributed by atoms with E-state index in [0.29, 0.717) is 30.6 Å². The van der Waals surface area contributed by atoms with Gasteiger partial charge in [0.15, 0.2) is 0 Å². The molecule has 8 nitrogen and oxygen atoms in total. The number of carbonyl (C=O) groups is 3. The normalized spacial score (nSPS) is 20.1. The first-order valence-corrected chi connectivity index (χ1v) is 9.02. The Balaban J connectivity index is 2.08. The zero-order valence-corrected chi connectivity index (χ0v) is 15.7. The number of hydrogen-bond acceptors (Lipinski definition) is 5. The average molecular weight is 373 g/mol. The van der Waals surface area contributed by atoms with Crippen LogP contribution >= 0.6 is 0 Å². The molecule has 1 aliphatic carbocycles. The molecular weight excluding hydrogens is 346 g/mol. The number of carbonyl (C=O) groups excluding carboxylic acids is 3. The summed E-state index contributed by atoms with van der Waals surface area (Å²) < 4.78 is 0. The van der Waals surface area contributed by atoms with Crippen LogP contribution in [0, 0.1) is 11.8 Å². The maximum Gasteiger partial charge on any atom is 0.273 e. The second kappa shape index (κ2) is 9.72. The van der Waals surface area contributed by atoms with Crippen LogP contribution in [-0.4, -0.2) is 24.8 Å². The lowest BCUT2D eigenvalue weighted by Gasteiger charge is -2.27. The summed E-state index contributed by atoms with van der Waals surface area (Å²) in [5, 5.41) is 8.41. The van der Waals surface area contributed by atoms with E-state index < -0.39 is 5.91 Å². The largest absolute Gasteiger partial charge is 0.390 e. The smallest absolute Gasteiger partial charge is 0.273 e. The summed E-state index contributed by atoms with van der Waals surface area (Å²) in [5.74, 6) is 3.65. The molecule has 0 spiro atoms. The lowest BCUT2D eigenvalue weighted by molar-refractivity contribution is -0.130. The molecule has 1 aliphatic rings. The number of nitrogens with one attached hydrogen (secondary N) is 4. The molecule has 27 heavy (non-hydrogen) atoms. The molecule has 0 radical (unpaired) electrons. The number of para-hydroxylation sites is 1. The van der Waals surface area contributed by atoms with E-state index in [0.717, 1.165) is 6.42 Å². The van der Waals surface area contributed by atoms with Gasteiger partial charge in [-0.1, -0.05) is 24.6 Å². The predicted octanol–water partition coefficient (Wildman–Crippen LogP) is 0.989. The minimum atomic E-state index is -0.409. The van der Waals surface area contributed by atoms with Gasteiger partial charge in [-0.25, -0.2) is 5.84 Å². The molecule has 1 saturated carbocycles. The Morgan fingerprint density at radius 1 is 1.04 bits per heavy atom. The van der Waals surface area contributed by atoms with Crippen LogP contribution < -0.4 is 27.2 Å². The van der Waals surface area contributed by atoms with Crippen molar-refractivity contribution in [2.45, 2.75) is 32.6 Å². The third-order valence-electron chi connectivity index (χ3n) is 4.81. The van der Waals surface area contributed by atoms with Crippen LogP contribution in [-0.2, 0) is 14.4 Å². The highest BCUT2D eigenvalue weighted by atomic mass is 16.2. The summed E-state index contributed by atoms with van der Waals surface area (Å²) in [6.45, 7) is 1.71. The van der Waals surface area contributed by atoms with E-state index in [9.17, 15) is 14.4 Å². The maximum atomic E-state index is 12.7. The number of nitrogens with two attached hydrogens (primary N) is 1. The number of benzene rings is 1. The van der Waals surface area contributed by atoms with Crippen LogP contribution in [0.2, 0.25) is 0 Å². The third kappa shape index (κ3) is 5.55. The Morgan fingerprint density at radius 2 is 1.67 bits per heavy atom. The second-order valence-corrected chi connectivity index (χ2v) is 6.63. The van der Waals surface area contributed by atoms with Crippen molar-refractivity contribution in [3.05, 3.63) is 41.7 Å². The van der Waals surface area contributed by atoms with E-state index in [2.05, 4.69) is 21.4 Å². The van der Waals surface area contributed by atoms with Gasteiger partial charge in [-0.3, -0.25) is 19.8 Å². The number of hydrazine groups is 1. The fourth-order valence-corrected chi connectivity index (χ4v) is 3.17. The molecule has 2 atom stereocenters. The van der Waals surface area contributed by atoms with Gasteiger partial charge in [0.05, 0.1) is 0 Å². The van der Waals surface area contributed by atoms with Crippen molar-refractivity contribution in [2.75, 3.05) is 12.4 Å². The van der Waals surface area contributed by atoms with Crippen molar-refractivity contribution in [3.8, 4) is 0 Å². The zero-order chi connectivity index (χ0) is 19.8.